The maximum Gasteiger partial charge on any atom is 0.410 e. The van der Waals surface area contributed by atoms with Crippen LogP contribution in [-0.2, 0) is 24.6 Å². The van der Waals surface area contributed by atoms with E-state index in [0.29, 0.717) is 36.1 Å². The molecule has 0 aliphatic carbocycles. The summed E-state index contributed by atoms with van der Waals surface area (Å²) in [4.78, 5) is 28.6. The lowest BCUT2D eigenvalue weighted by Gasteiger charge is -2.46. The standard InChI is InChI=1S/C22H27NO6S2/c1-21(2,3)29-20(25)23-10-14-12-27-13-15(11-23)18(14)28-19(24)22(26,16-6-4-8-30-16)17-7-5-9-31-17/h4-9,14-15,18,26H,10-13H2,1-3H3. The number of carbonyl (C=O) groups excluding carboxylic acids is 2. The van der Waals surface area contributed by atoms with Crippen molar-refractivity contribution in [2.75, 3.05) is 26.3 Å². The largest absolute Gasteiger partial charge is 0.459 e. The number of rotatable bonds is 4. The molecule has 2 aromatic heterocycles. The summed E-state index contributed by atoms with van der Waals surface area (Å²) in [5.41, 5.74) is -2.43. The van der Waals surface area contributed by atoms with Crippen molar-refractivity contribution < 1.29 is 28.9 Å². The molecule has 2 atom stereocenters. The Morgan fingerprint density at radius 1 is 1.06 bits per heavy atom. The fourth-order valence-electron chi connectivity index (χ4n) is 4.07. The van der Waals surface area contributed by atoms with E-state index in [1.165, 1.54) is 22.7 Å². The summed E-state index contributed by atoms with van der Waals surface area (Å²) in [6.07, 6.45) is -0.811. The van der Waals surface area contributed by atoms with Crippen LogP contribution in [0, 0.1) is 11.8 Å². The highest BCUT2D eigenvalue weighted by atomic mass is 32.1. The quantitative estimate of drug-likeness (QED) is 0.696. The molecule has 4 rings (SSSR count). The van der Waals surface area contributed by atoms with Gasteiger partial charge in [-0.15, -0.1) is 22.7 Å². The Morgan fingerprint density at radius 2 is 1.61 bits per heavy atom. The van der Waals surface area contributed by atoms with Gasteiger partial charge in [0.2, 0.25) is 5.60 Å². The van der Waals surface area contributed by atoms with Gasteiger partial charge in [-0.2, -0.15) is 0 Å². The van der Waals surface area contributed by atoms with E-state index in [4.69, 9.17) is 14.2 Å². The number of piperidine rings is 1. The van der Waals surface area contributed by atoms with Gasteiger partial charge in [0.1, 0.15) is 11.7 Å². The molecule has 31 heavy (non-hydrogen) atoms. The summed E-state index contributed by atoms with van der Waals surface area (Å²) in [7, 11) is 0. The average Bonchev–Trinajstić information content (AvgIpc) is 3.40. The van der Waals surface area contributed by atoms with Crippen LogP contribution < -0.4 is 0 Å². The van der Waals surface area contributed by atoms with Crippen LogP contribution in [0.1, 0.15) is 30.5 Å². The summed E-state index contributed by atoms with van der Waals surface area (Å²) in [6, 6.07) is 7.07. The van der Waals surface area contributed by atoms with Crippen molar-refractivity contribution in [3.8, 4) is 0 Å². The Kier molecular flexibility index (Phi) is 6.13. The maximum absolute atomic E-state index is 13.4. The van der Waals surface area contributed by atoms with Crippen LogP contribution in [0.2, 0.25) is 0 Å². The second-order valence-corrected chi connectivity index (χ2v) is 10.9. The third kappa shape index (κ3) is 4.50. The Balaban J connectivity index is 1.53. The molecule has 0 radical (unpaired) electrons. The van der Waals surface area contributed by atoms with Gasteiger partial charge in [0.15, 0.2) is 0 Å². The van der Waals surface area contributed by atoms with E-state index in [1.807, 2.05) is 31.5 Å². The smallest absolute Gasteiger partial charge is 0.410 e. The number of nitrogens with zero attached hydrogens (tertiary/aromatic N) is 1. The molecule has 168 valence electrons. The average molecular weight is 466 g/mol. The third-order valence-electron chi connectivity index (χ3n) is 5.45. The molecule has 1 N–H and O–H groups in total. The highest BCUT2D eigenvalue weighted by Crippen LogP contribution is 2.39. The monoisotopic (exact) mass is 465 g/mol. The molecule has 2 aliphatic heterocycles. The van der Waals surface area contributed by atoms with Gasteiger partial charge in [0, 0.05) is 24.9 Å². The minimum Gasteiger partial charge on any atom is -0.459 e. The lowest BCUT2D eigenvalue weighted by Crippen LogP contribution is -2.59. The molecule has 2 unspecified atom stereocenters. The molecule has 9 heteroatoms. The fraction of sp³-hybridized carbons (Fsp3) is 0.545. The molecular formula is C22H27NO6S2. The van der Waals surface area contributed by atoms with Crippen molar-refractivity contribution in [2.45, 2.75) is 38.1 Å². The number of likely N-dealkylation sites (tertiary alicyclic amines) is 1. The molecule has 0 spiro atoms. The number of amides is 1. The van der Waals surface area contributed by atoms with E-state index in [9.17, 15) is 14.7 Å². The van der Waals surface area contributed by atoms with Gasteiger partial charge in [-0.3, -0.25) is 0 Å². The Morgan fingerprint density at radius 3 is 2.06 bits per heavy atom. The summed E-state index contributed by atoms with van der Waals surface area (Å²) in [5.74, 6) is -1.05. The van der Waals surface area contributed by atoms with Gasteiger partial charge in [0.05, 0.1) is 23.0 Å². The summed E-state index contributed by atoms with van der Waals surface area (Å²) in [5, 5.41) is 15.1. The second kappa shape index (κ2) is 8.54. The zero-order valence-electron chi connectivity index (χ0n) is 17.8. The van der Waals surface area contributed by atoms with Crippen LogP contribution in [0.5, 0.6) is 0 Å². The first-order chi connectivity index (χ1) is 14.7. The van der Waals surface area contributed by atoms with Gasteiger partial charge in [-0.25, -0.2) is 9.59 Å². The Hall–Kier alpha value is -1.94. The van der Waals surface area contributed by atoms with Crippen LogP contribution in [0.4, 0.5) is 4.79 Å². The molecule has 0 aromatic carbocycles. The molecular weight excluding hydrogens is 438 g/mol. The molecule has 2 fully saturated rings. The molecule has 7 nitrogen and oxygen atoms in total. The first-order valence-electron chi connectivity index (χ1n) is 10.3. The molecule has 2 aromatic rings. The molecule has 0 saturated carbocycles. The second-order valence-electron chi connectivity index (χ2n) is 8.98. The van der Waals surface area contributed by atoms with Crippen LogP contribution in [0.25, 0.3) is 0 Å². The minimum atomic E-state index is -1.85. The number of thiophene rings is 2. The fourth-order valence-corrected chi connectivity index (χ4v) is 5.78. The highest BCUT2D eigenvalue weighted by Gasteiger charge is 2.50. The number of hydrogen-bond acceptors (Lipinski definition) is 8. The number of aliphatic hydroxyl groups is 1. The van der Waals surface area contributed by atoms with E-state index >= 15 is 0 Å². The third-order valence-corrected chi connectivity index (χ3v) is 7.41. The first kappa shape index (κ1) is 22.3. The number of ether oxygens (including phenoxy) is 3. The van der Waals surface area contributed by atoms with Crippen LogP contribution in [0.3, 0.4) is 0 Å². The topological polar surface area (TPSA) is 85.3 Å². The van der Waals surface area contributed by atoms with E-state index in [-0.39, 0.29) is 17.9 Å². The van der Waals surface area contributed by atoms with E-state index in [1.54, 1.807) is 29.2 Å². The minimum absolute atomic E-state index is 0.181. The summed E-state index contributed by atoms with van der Waals surface area (Å²) in [6.45, 7) is 7.01. The van der Waals surface area contributed by atoms with Gasteiger partial charge in [-0.05, 0) is 43.7 Å². The molecule has 4 heterocycles. The van der Waals surface area contributed by atoms with Crippen LogP contribution in [0.15, 0.2) is 35.0 Å². The van der Waals surface area contributed by atoms with E-state index in [0.717, 1.165) is 0 Å². The zero-order valence-corrected chi connectivity index (χ0v) is 19.4. The van der Waals surface area contributed by atoms with E-state index in [2.05, 4.69) is 0 Å². The van der Waals surface area contributed by atoms with Gasteiger partial charge in [-0.1, -0.05) is 12.1 Å². The van der Waals surface area contributed by atoms with Crippen molar-refractivity contribution in [2.24, 2.45) is 11.8 Å². The normalized spacial score (nSPS) is 24.0. The molecule has 2 bridgehead atoms. The zero-order chi connectivity index (χ0) is 22.2. The Bertz CT molecular complexity index is 857. The number of carbonyl (C=O) groups is 2. The van der Waals surface area contributed by atoms with Gasteiger partial charge >= 0.3 is 12.1 Å². The van der Waals surface area contributed by atoms with Gasteiger partial charge in [0.25, 0.3) is 0 Å². The van der Waals surface area contributed by atoms with E-state index < -0.39 is 23.3 Å². The Labute approximate surface area is 189 Å². The lowest BCUT2D eigenvalue weighted by atomic mass is 9.84. The van der Waals surface area contributed by atoms with Crippen molar-refractivity contribution in [3.63, 3.8) is 0 Å². The predicted molar refractivity (Wildman–Crippen MR) is 117 cm³/mol. The van der Waals surface area contributed by atoms with Crippen molar-refractivity contribution >= 4 is 34.7 Å². The molecule has 2 saturated heterocycles. The van der Waals surface area contributed by atoms with Crippen molar-refractivity contribution in [1.29, 1.82) is 0 Å². The number of fused-ring (bicyclic) bond motifs is 2. The maximum atomic E-state index is 13.4. The number of hydrogen-bond donors (Lipinski definition) is 1. The van der Waals surface area contributed by atoms with Crippen molar-refractivity contribution in [1.82, 2.24) is 4.90 Å². The first-order valence-corrected chi connectivity index (χ1v) is 12.0. The predicted octanol–water partition coefficient (Wildman–Crippen LogP) is 3.47. The highest BCUT2D eigenvalue weighted by molar-refractivity contribution is 7.12. The van der Waals surface area contributed by atoms with Crippen LogP contribution in [-0.4, -0.2) is 60.1 Å². The molecule has 1 amide bonds. The van der Waals surface area contributed by atoms with Crippen molar-refractivity contribution in [3.05, 3.63) is 44.8 Å². The van der Waals surface area contributed by atoms with Gasteiger partial charge < -0.3 is 24.2 Å². The molecule has 2 aliphatic rings. The SMILES string of the molecule is CC(C)(C)OC(=O)N1CC2COCC(C1)C2OC(=O)C(O)(c1cccs1)c1cccs1. The van der Waals surface area contributed by atoms with Crippen LogP contribution >= 0.6 is 22.7 Å². The number of esters is 1. The summed E-state index contributed by atoms with van der Waals surface area (Å²) >= 11 is 2.62. The summed E-state index contributed by atoms with van der Waals surface area (Å²) < 4.78 is 17.2. The lowest BCUT2D eigenvalue weighted by molar-refractivity contribution is -0.190.